The van der Waals surface area contributed by atoms with Crippen molar-refractivity contribution in [2.75, 3.05) is 14.2 Å². The predicted molar refractivity (Wildman–Crippen MR) is 84.2 cm³/mol. The van der Waals surface area contributed by atoms with Crippen LogP contribution in [0.1, 0.15) is 29.2 Å². The van der Waals surface area contributed by atoms with Gasteiger partial charge in [-0.2, -0.15) is 0 Å². The fourth-order valence-electron chi connectivity index (χ4n) is 2.32. The number of ether oxygens (including phenoxy) is 3. The Morgan fingerprint density at radius 1 is 1.17 bits per heavy atom. The fourth-order valence-corrected chi connectivity index (χ4v) is 2.32. The Hall–Kier alpha value is -3.03. The van der Waals surface area contributed by atoms with Gasteiger partial charge in [0.05, 0.1) is 19.7 Å². The highest BCUT2D eigenvalue weighted by Crippen LogP contribution is 2.33. The number of hydrogen-bond donors (Lipinski definition) is 1. The van der Waals surface area contributed by atoms with Crippen molar-refractivity contribution in [1.29, 1.82) is 0 Å². The normalized spacial score (nSPS) is 10.8. The lowest BCUT2D eigenvalue weighted by Crippen LogP contribution is -2.05. The molecule has 0 unspecified atom stereocenters. The van der Waals surface area contributed by atoms with Gasteiger partial charge in [-0.25, -0.2) is 4.79 Å². The molecule has 0 fully saturated rings. The van der Waals surface area contributed by atoms with Crippen molar-refractivity contribution in [2.45, 2.75) is 20.0 Å². The second kappa shape index (κ2) is 6.61. The summed E-state index contributed by atoms with van der Waals surface area (Å²) in [5.74, 6) is 1.46. The molecule has 8 nitrogen and oxygen atoms in total. The summed E-state index contributed by atoms with van der Waals surface area (Å²) < 4.78 is 21.1. The number of H-pyrrole nitrogens is 1. The van der Waals surface area contributed by atoms with E-state index in [9.17, 15) is 4.79 Å². The van der Waals surface area contributed by atoms with Gasteiger partial charge in [-0.05, 0) is 18.2 Å². The van der Waals surface area contributed by atoms with E-state index in [1.807, 2.05) is 6.92 Å². The van der Waals surface area contributed by atoms with E-state index in [2.05, 4.69) is 15.2 Å². The molecule has 0 atom stereocenters. The fraction of sp³-hybridized carbons (Fsp3) is 0.312. The Kier molecular flexibility index (Phi) is 4.37. The second-order valence-corrected chi connectivity index (χ2v) is 4.96. The Balaban J connectivity index is 1.81. The van der Waals surface area contributed by atoms with E-state index in [-0.39, 0.29) is 18.2 Å². The van der Waals surface area contributed by atoms with Gasteiger partial charge < -0.3 is 23.6 Å². The molecule has 0 saturated heterocycles. The molecule has 0 aliphatic rings. The standard InChI is InChI=1S/C16H17N3O5/c1-4-13-18-19-14(24-13)8-23-16(20)10-7-9-11(21-2)5-6-12(22-3)15(9)17-10/h5-7,17H,4,8H2,1-3H3. The highest BCUT2D eigenvalue weighted by atomic mass is 16.5. The molecule has 3 aromatic rings. The molecule has 0 spiro atoms. The van der Waals surface area contributed by atoms with Crippen LogP contribution < -0.4 is 9.47 Å². The van der Waals surface area contributed by atoms with E-state index in [1.165, 1.54) is 0 Å². The van der Waals surface area contributed by atoms with Crippen LogP contribution >= 0.6 is 0 Å². The third kappa shape index (κ3) is 2.90. The van der Waals surface area contributed by atoms with Crippen molar-refractivity contribution in [3.8, 4) is 11.5 Å². The maximum absolute atomic E-state index is 12.2. The van der Waals surface area contributed by atoms with Gasteiger partial charge in [0.2, 0.25) is 5.89 Å². The molecule has 2 aromatic heterocycles. The lowest BCUT2D eigenvalue weighted by Gasteiger charge is -2.05. The lowest BCUT2D eigenvalue weighted by atomic mass is 10.2. The first-order valence-corrected chi connectivity index (χ1v) is 7.38. The zero-order valence-corrected chi connectivity index (χ0v) is 13.6. The number of aromatic nitrogens is 3. The van der Waals surface area contributed by atoms with Crippen molar-refractivity contribution in [2.24, 2.45) is 0 Å². The summed E-state index contributed by atoms with van der Waals surface area (Å²) in [5, 5.41) is 8.35. The Bertz CT molecular complexity index is 827. The Labute approximate surface area is 137 Å². The monoisotopic (exact) mass is 331 g/mol. The molecule has 0 radical (unpaired) electrons. The van der Waals surface area contributed by atoms with Crippen LogP contribution in [0, 0.1) is 0 Å². The number of aryl methyl sites for hydroxylation is 1. The smallest absolute Gasteiger partial charge is 0.355 e. The summed E-state index contributed by atoms with van der Waals surface area (Å²) in [6.45, 7) is 1.81. The van der Waals surface area contributed by atoms with Gasteiger partial charge in [-0.15, -0.1) is 10.2 Å². The minimum atomic E-state index is -0.536. The van der Waals surface area contributed by atoms with Crippen LogP contribution in [-0.4, -0.2) is 35.4 Å². The molecule has 0 aliphatic heterocycles. The SMILES string of the molecule is CCc1nnc(COC(=O)c2cc3c(OC)ccc(OC)c3[nH]2)o1. The topological polar surface area (TPSA) is 99.5 Å². The van der Waals surface area contributed by atoms with Crippen LogP contribution in [0.5, 0.6) is 11.5 Å². The van der Waals surface area contributed by atoms with E-state index in [0.717, 1.165) is 5.39 Å². The summed E-state index contributed by atoms with van der Waals surface area (Å²) >= 11 is 0. The van der Waals surface area contributed by atoms with E-state index >= 15 is 0 Å². The summed E-state index contributed by atoms with van der Waals surface area (Å²) in [7, 11) is 3.12. The number of esters is 1. The van der Waals surface area contributed by atoms with Crippen LogP contribution in [0.3, 0.4) is 0 Å². The van der Waals surface area contributed by atoms with Crippen LogP contribution in [-0.2, 0) is 17.8 Å². The highest BCUT2D eigenvalue weighted by molar-refractivity contribution is 5.99. The quantitative estimate of drug-likeness (QED) is 0.693. The number of nitrogens with one attached hydrogen (secondary N) is 1. The van der Waals surface area contributed by atoms with Gasteiger partial charge in [-0.3, -0.25) is 0 Å². The number of nitrogens with zero attached hydrogens (tertiary/aromatic N) is 2. The Morgan fingerprint density at radius 2 is 1.88 bits per heavy atom. The number of aromatic amines is 1. The minimum absolute atomic E-state index is 0.0878. The number of hydrogen-bond acceptors (Lipinski definition) is 7. The number of rotatable bonds is 6. The molecular formula is C16H17N3O5. The molecular weight excluding hydrogens is 314 g/mol. The summed E-state index contributed by atoms with van der Waals surface area (Å²) in [5.41, 5.74) is 0.942. The molecule has 2 heterocycles. The van der Waals surface area contributed by atoms with Crippen LogP contribution in [0.15, 0.2) is 22.6 Å². The predicted octanol–water partition coefficient (Wildman–Crippen LogP) is 2.49. The molecule has 1 aromatic carbocycles. The first kappa shape index (κ1) is 15.9. The number of benzene rings is 1. The van der Waals surface area contributed by atoms with Crippen molar-refractivity contribution in [3.05, 3.63) is 35.7 Å². The molecule has 3 rings (SSSR count). The van der Waals surface area contributed by atoms with Crippen LogP contribution in [0.2, 0.25) is 0 Å². The second-order valence-electron chi connectivity index (χ2n) is 4.96. The summed E-state index contributed by atoms with van der Waals surface area (Å²) in [4.78, 5) is 15.2. The lowest BCUT2D eigenvalue weighted by molar-refractivity contribution is 0.0430. The number of carbonyl (C=O) groups is 1. The maximum atomic E-state index is 12.2. The molecule has 126 valence electrons. The van der Waals surface area contributed by atoms with Crippen LogP contribution in [0.25, 0.3) is 10.9 Å². The number of fused-ring (bicyclic) bond motifs is 1. The Morgan fingerprint density at radius 3 is 2.54 bits per heavy atom. The van der Waals surface area contributed by atoms with Gasteiger partial charge in [0.25, 0.3) is 5.89 Å². The maximum Gasteiger partial charge on any atom is 0.355 e. The van der Waals surface area contributed by atoms with E-state index < -0.39 is 5.97 Å². The largest absolute Gasteiger partial charge is 0.496 e. The van der Waals surface area contributed by atoms with Crippen molar-refractivity contribution in [3.63, 3.8) is 0 Å². The van der Waals surface area contributed by atoms with Gasteiger partial charge in [0, 0.05) is 11.8 Å². The zero-order valence-electron chi connectivity index (χ0n) is 13.6. The van der Waals surface area contributed by atoms with Crippen molar-refractivity contribution < 1.29 is 23.4 Å². The molecule has 0 aliphatic carbocycles. The first-order valence-electron chi connectivity index (χ1n) is 7.38. The molecule has 1 N–H and O–H groups in total. The van der Waals surface area contributed by atoms with Crippen molar-refractivity contribution in [1.82, 2.24) is 15.2 Å². The van der Waals surface area contributed by atoms with Gasteiger partial charge in [0.1, 0.15) is 17.2 Å². The zero-order chi connectivity index (χ0) is 17.1. The summed E-state index contributed by atoms with van der Waals surface area (Å²) in [6.07, 6.45) is 0.628. The van der Waals surface area contributed by atoms with Crippen molar-refractivity contribution >= 4 is 16.9 Å². The molecule has 0 amide bonds. The van der Waals surface area contributed by atoms with E-state index in [4.69, 9.17) is 18.6 Å². The summed E-state index contributed by atoms with van der Waals surface area (Å²) in [6, 6.07) is 5.19. The minimum Gasteiger partial charge on any atom is -0.496 e. The van der Waals surface area contributed by atoms with Crippen LogP contribution in [0.4, 0.5) is 0 Å². The average Bonchev–Trinajstić information content (AvgIpc) is 3.25. The first-order chi connectivity index (χ1) is 11.7. The third-order valence-electron chi connectivity index (χ3n) is 3.51. The molecule has 24 heavy (non-hydrogen) atoms. The van der Waals surface area contributed by atoms with Gasteiger partial charge >= 0.3 is 5.97 Å². The van der Waals surface area contributed by atoms with Gasteiger partial charge in [0.15, 0.2) is 6.61 Å². The third-order valence-corrected chi connectivity index (χ3v) is 3.51. The molecule has 0 saturated carbocycles. The van der Waals surface area contributed by atoms with E-state index in [1.54, 1.807) is 32.4 Å². The average molecular weight is 331 g/mol. The van der Waals surface area contributed by atoms with Gasteiger partial charge in [-0.1, -0.05) is 6.92 Å². The molecule has 0 bridgehead atoms. The number of methoxy groups -OCH3 is 2. The highest BCUT2D eigenvalue weighted by Gasteiger charge is 2.17. The molecule has 8 heteroatoms. The number of carbonyl (C=O) groups excluding carboxylic acids is 1. The van der Waals surface area contributed by atoms with E-state index in [0.29, 0.717) is 29.3 Å².